The highest BCUT2D eigenvalue weighted by molar-refractivity contribution is 9.10. The van der Waals surface area contributed by atoms with Gasteiger partial charge in [0.2, 0.25) is 0 Å². The SMILES string of the molecule is O=C(COc1ccc2c(=O)ccoc2c1)Nc1cccc(NC(=O)c2ccc(Br)cc2)c1. The molecule has 4 aromatic rings. The fraction of sp³-hybridized carbons (Fsp3) is 0.0417. The number of carbonyl (C=O) groups is 2. The number of anilines is 2. The van der Waals surface area contributed by atoms with Crippen molar-refractivity contribution in [2.45, 2.75) is 0 Å². The molecular weight excluding hydrogens is 476 g/mol. The average molecular weight is 493 g/mol. The summed E-state index contributed by atoms with van der Waals surface area (Å²) >= 11 is 3.34. The summed E-state index contributed by atoms with van der Waals surface area (Å²) in [4.78, 5) is 36.4. The molecule has 0 saturated carbocycles. The minimum Gasteiger partial charge on any atom is -0.484 e. The van der Waals surface area contributed by atoms with Crippen molar-refractivity contribution in [3.05, 3.63) is 99.3 Å². The summed E-state index contributed by atoms with van der Waals surface area (Å²) in [5.41, 5.74) is 1.80. The Balaban J connectivity index is 1.36. The zero-order valence-corrected chi connectivity index (χ0v) is 18.2. The molecule has 1 aromatic heterocycles. The Morgan fingerprint density at radius 2 is 1.66 bits per heavy atom. The number of rotatable bonds is 6. The van der Waals surface area contributed by atoms with Crippen molar-refractivity contribution in [2.75, 3.05) is 17.2 Å². The summed E-state index contributed by atoms with van der Waals surface area (Å²) in [5.74, 6) is -0.235. The molecule has 1 heterocycles. The molecule has 2 N–H and O–H groups in total. The minimum atomic E-state index is -0.379. The molecule has 0 aliphatic carbocycles. The lowest BCUT2D eigenvalue weighted by molar-refractivity contribution is -0.118. The fourth-order valence-electron chi connectivity index (χ4n) is 2.98. The van der Waals surface area contributed by atoms with Gasteiger partial charge in [0, 0.05) is 33.5 Å². The second kappa shape index (κ2) is 9.49. The van der Waals surface area contributed by atoms with Crippen molar-refractivity contribution in [1.82, 2.24) is 0 Å². The third kappa shape index (κ3) is 5.22. The average Bonchev–Trinajstić information content (AvgIpc) is 2.78. The lowest BCUT2D eigenvalue weighted by Crippen LogP contribution is -2.20. The zero-order chi connectivity index (χ0) is 22.5. The molecule has 160 valence electrons. The van der Waals surface area contributed by atoms with Crippen molar-refractivity contribution in [3.63, 3.8) is 0 Å². The van der Waals surface area contributed by atoms with Gasteiger partial charge in [0.15, 0.2) is 12.0 Å². The quantitative estimate of drug-likeness (QED) is 0.401. The van der Waals surface area contributed by atoms with Gasteiger partial charge >= 0.3 is 0 Å². The highest BCUT2D eigenvalue weighted by Gasteiger charge is 2.09. The van der Waals surface area contributed by atoms with Crippen molar-refractivity contribution in [2.24, 2.45) is 0 Å². The molecule has 0 aliphatic heterocycles. The minimum absolute atomic E-state index is 0.150. The van der Waals surface area contributed by atoms with Gasteiger partial charge in [-0.2, -0.15) is 0 Å². The Hall–Kier alpha value is -3.91. The Kier molecular flexibility index (Phi) is 6.32. The summed E-state index contributed by atoms with van der Waals surface area (Å²) in [6.07, 6.45) is 1.31. The summed E-state index contributed by atoms with van der Waals surface area (Å²) in [5, 5.41) is 5.96. The number of halogens is 1. The Bertz CT molecular complexity index is 1350. The summed E-state index contributed by atoms with van der Waals surface area (Å²) < 4.78 is 11.7. The van der Waals surface area contributed by atoms with Crippen LogP contribution in [0.5, 0.6) is 5.75 Å². The van der Waals surface area contributed by atoms with E-state index in [2.05, 4.69) is 26.6 Å². The maximum absolute atomic E-state index is 12.4. The van der Waals surface area contributed by atoms with E-state index in [4.69, 9.17) is 9.15 Å². The van der Waals surface area contributed by atoms with Gasteiger partial charge in [-0.3, -0.25) is 14.4 Å². The van der Waals surface area contributed by atoms with E-state index in [1.54, 1.807) is 66.7 Å². The molecule has 0 bridgehead atoms. The molecule has 3 aromatic carbocycles. The number of nitrogens with one attached hydrogen (secondary N) is 2. The van der Waals surface area contributed by atoms with Crippen LogP contribution in [-0.2, 0) is 4.79 Å². The van der Waals surface area contributed by atoms with E-state index in [1.807, 2.05) is 0 Å². The van der Waals surface area contributed by atoms with Crippen LogP contribution >= 0.6 is 15.9 Å². The Morgan fingerprint density at radius 3 is 2.44 bits per heavy atom. The second-order valence-electron chi connectivity index (χ2n) is 6.82. The smallest absolute Gasteiger partial charge is 0.262 e. The molecule has 7 nitrogen and oxygen atoms in total. The van der Waals surface area contributed by atoms with E-state index in [-0.39, 0.29) is 23.9 Å². The third-order valence-electron chi connectivity index (χ3n) is 4.51. The number of amides is 2. The first kappa shape index (κ1) is 21.3. The number of hydrogen-bond acceptors (Lipinski definition) is 5. The van der Waals surface area contributed by atoms with Gasteiger partial charge in [0.1, 0.15) is 11.3 Å². The van der Waals surface area contributed by atoms with Crippen LogP contribution in [0.1, 0.15) is 10.4 Å². The molecule has 0 fully saturated rings. The summed E-state index contributed by atoms with van der Waals surface area (Å²) in [6, 6.07) is 19.9. The first-order valence-electron chi connectivity index (χ1n) is 9.59. The maximum atomic E-state index is 12.4. The number of fused-ring (bicyclic) bond motifs is 1. The zero-order valence-electron chi connectivity index (χ0n) is 16.6. The van der Waals surface area contributed by atoms with Crippen LogP contribution in [-0.4, -0.2) is 18.4 Å². The normalized spacial score (nSPS) is 10.5. The molecule has 0 aliphatic rings. The first-order chi connectivity index (χ1) is 15.5. The standard InChI is InChI=1S/C24H17BrN2O5/c25-16-6-4-15(5-7-16)24(30)27-18-3-1-2-17(12-18)26-23(29)14-32-19-8-9-20-21(28)10-11-31-22(20)13-19/h1-13H,14H2,(H,26,29)(H,27,30). The van der Waals surface area contributed by atoms with E-state index in [0.717, 1.165) is 4.47 Å². The topological polar surface area (TPSA) is 97.6 Å². The van der Waals surface area contributed by atoms with Gasteiger partial charge < -0.3 is 19.8 Å². The van der Waals surface area contributed by atoms with Crippen LogP contribution in [0.25, 0.3) is 11.0 Å². The van der Waals surface area contributed by atoms with Crippen molar-refractivity contribution < 1.29 is 18.7 Å². The van der Waals surface area contributed by atoms with Gasteiger partial charge in [-0.05, 0) is 54.6 Å². The van der Waals surface area contributed by atoms with Gasteiger partial charge in [-0.25, -0.2) is 0 Å². The number of benzene rings is 3. The number of hydrogen-bond donors (Lipinski definition) is 2. The molecule has 0 atom stereocenters. The van der Waals surface area contributed by atoms with Crippen molar-refractivity contribution >= 4 is 50.1 Å². The van der Waals surface area contributed by atoms with E-state index in [9.17, 15) is 14.4 Å². The second-order valence-corrected chi connectivity index (χ2v) is 7.74. The molecule has 0 radical (unpaired) electrons. The van der Waals surface area contributed by atoms with Crippen LogP contribution in [0.2, 0.25) is 0 Å². The predicted molar refractivity (Wildman–Crippen MR) is 125 cm³/mol. The van der Waals surface area contributed by atoms with Gasteiger partial charge in [-0.1, -0.05) is 22.0 Å². The predicted octanol–water partition coefficient (Wildman–Crippen LogP) is 4.83. The largest absolute Gasteiger partial charge is 0.484 e. The molecule has 0 saturated heterocycles. The lowest BCUT2D eigenvalue weighted by Gasteiger charge is -2.10. The monoisotopic (exact) mass is 492 g/mol. The van der Waals surface area contributed by atoms with E-state index in [1.165, 1.54) is 12.3 Å². The molecular formula is C24H17BrN2O5. The van der Waals surface area contributed by atoms with Gasteiger partial charge in [0.25, 0.3) is 11.8 Å². The van der Waals surface area contributed by atoms with Gasteiger partial charge in [-0.15, -0.1) is 0 Å². The van der Waals surface area contributed by atoms with E-state index < -0.39 is 0 Å². The highest BCUT2D eigenvalue weighted by Crippen LogP contribution is 2.19. The third-order valence-corrected chi connectivity index (χ3v) is 5.04. The van der Waals surface area contributed by atoms with Crippen LogP contribution in [0, 0.1) is 0 Å². The number of carbonyl (C=O) groups excluding carboxylic acids is 2. The lowest BCUT2D eigenvalue weighted by atomic mass is 10.2. The van der Waals surface area contributed by atoms with Crippen LogP contribution < -0.4 is 20.8 Å². The maximum Gasteiger partial charge on any atom is 0.262 e. The summed E-state index contributed by atoms with van der Waals surface area (Å²) in [7, 11) is 0. The van der Waals surface area contributed by atoms with Crippen LogP contribution in [0.15, 0.2) is 92.7 Å². The van der Waals surface area contributed by atoms with E-state index >= 15 is 0 Å². The highest BCUT2D eigenvalue weighted by atomic mass is 79.9. The van der Waals surface area contributed by atoms with Crippen molar-refractivity contribution in [1.29, 1.82) is 0 Å². The molecule has 0 spiro atoms. The summed E-state index contributed by atoms with van der Waals surface area (Å²) in [6.45, 7) is -0.238. The van der Waals surface area contributed by atoms with Crippen LogP contribution in [0.4, 0.5) is 11.4 Å². The number of ether oxygens (including phenoxy) is 1. The molecule has 0 unspecified atom stereocenters. The first-order valence-corrected chi connectivity index (χ1v) is 10.4. The van der Waals surface area contributed by atoms with E-state index in [0.29, 0.717) is 33.7 Å². The molecule has 8 heteroatoms. The van der Waals surface area contributed by atoms with Gasteiger partial charge in [0.05, 0.1) is 11.6 Å². The Morgan fingerprint density at radius 1 is 0.906 bits per heavy atom. The van der Waals surface area contributed by atoms with Crippen molar-refractivity contribution in [3.8, 4) is 5.75 Å². The van der Waals surface area contributed by atoms with Crippen LogP contribution in [0.3, 0.4) is 0 Å². The molecule has 4 rings (SSSR count). The molecule has 2 amide bonds. The fourth-order valence-corrected chi connectivity index (χ4v) is 3.24. The Labute approximate surface area is 191 Å². The molecule has 32 heavy (non-hydrogen) atoms.